The zero-order valence-corrected chi connectivity index (χ0v) is 13.0. The Kier molecular flexibility index (Phi) is 3.52. The van der Waals surface area contributed by atoms with Crippen molar-refractivity contribution in [1.29, 1.82) is 0 Å². The molecule has 0 bridgehead atoms. The van der Waals surface area contributed by atoms with Crippen LogP contribution in [0.1, 0.15) is 29.8 Å². The summed E-state index contributed by atoms with van der Waals surface area (Å²) in [6, 6.07) is 7.66. The van der Waals surface area contributed by atoms with Crippen LogP contribution < -0.4 is 4.90 Å². The highest BCUT2D eigenvalue weighted by Crippen LogP contribution is 2.40. The molecule has 6 heteroatoms. The molecular weight excluding hydrogens is 292 g/mol. The molecule has 1 atom stereocenters. The third kappa shape index (κ3) is 2.69. The Bertz CT molecular complexity index is 673. The molecule has 4 heterocycles. The van der Waals surface area contributed by atoms with E-state index in [1.54, 1.807) is 6.07 Å². The van der Waals surface area contributed by atoms with E-state index in [1.165, 1.54) is 6.20 Å². The Balaban J connectivity index is 1.48. The molecule has 2 aliphatic heterocycles. The lowest BCUT2D eigenvalue weighted by Crippen LogP contribution is -2.45. The second kappa shape index (κ2) is 5.68. The summed E-state index contributed by atoms with van der Waals surface area (Å²) >= 11 is 0. The van der Waals surface area contributed by atoms with Crippen molar-refractivity contribution in [3.8, 4) is 0 Å². The van der Waals surface area contributed by atoms with E-state index in [0.717, 1.165) is 51.3 Å². The van der Waals surface area contributed by atoms with Gasteiger partial charge < -0.3 is 14.3 Å². The van der Waals surface area contributed by atoms with E-state index in [1.807, 2.05) is 23.2 Å². The predicted octanol–water partition coefficient (Wildman–Crippen LogP) is 2.20. The molecule has 1 amide bonds. The van der Waals surface area contributed by atoms with Crippen LogP contribution in [0.3, 0.4) is 0 Å². The van der Waals surface area contributed by atoms with Gasteiger partial charge in [0.1, 0.15) is 5.82 Å². The molecule has 0 unspecified atom stereocenters. The van der Waals surface area contributed by atoms with Crippen LogP contribution >= 0.6 is 0 Å². The molecule has 2 fully saturated rings. The molecule has 23 heavy (non-hydrogen) atoms. The van der Waals surface area contributed by atoms with Crippen LogP contribution in [-0.2, 0) is 0 Å². The topological polar surface area (TPSA) is 62.5 Å². The summed E-state index contributed by atoms with van der Waals surface area (Å²) < 4.78 is 5.01. The van der Waals surface area contributed by atoms with Crippen LogP contribution in [0.15, 0.2) is 41.2 Å². The lowest BCUT2D eigenvalue weighted by Gasteiger charge is -2.40. The summed E-state index contributed by atoms with van der Waals surface area (Å²) in [5, 5.41) is 3.63. The number of hydrogen-bond acceptors (Lipinski definition) is 5. The van der Waals surface area contributed by atoms with Crippen LogP contribution in [0.5, 0.6) is 0 Å². The molecule has 0 N–H and O–H groups in total. The fraction of sp³-hybridized carbons (Fsp3) is 0.471. The van der Waals surface area contributed by atoms with Crippen LogP contribution in [0.25, 0.3) is 0 Å². The summed E-state index contributed by atoms with van der Waals surface area (Å²) in [4.78, 5) is 21.2. The number of amides is 1. The molecule has 1 spiro atoms. The first-order valence-corrected chi connectivity index (χ1v) is 8.12. The molecule has 2 aliphatic rings. The standard InChI is InChI=1S/C17H20N4O2/c22-16(14-5-9-19-23-14)21-11-7-17(13-21)6-3-10-20(12-17)15-4-1-2-8-18-15/h1-2,4-5,8-9H,3,6-7,10-13H2/t17-/m1/s1. The van der Waals surface area contributed by atoms with E-state index in [-0.39, 0.29) is 11.3 Å². The molecule has 120 valence electrons. The van der Waals surface area contributed by atoms with Gasteiger partial charge in [-0.1, -0.05) is 11.2 Å². The first-order chi connectivity index (χ1) is 11.3. The van der Waals surface area contributed by atoms with Crippen LogP contribution in [-0.4, -0.2) is 47.1 Å². The zero-order valence-electron chi connectivity index (χ0n) is 13.0. The van der Waals surface area contributed by atoms with E-state index in [0.29, 0.717) is 5.76 Å². The second-order valence-electron chi connectivity index (χ2n) is 6.57. The smallest absolute Gasteiger partial charge is 0.292 e. The number of hydrogen-bond donors (Lipinski definition) is 0. The van der Waals surface area contributed by atoms with Gasteiger partial charge in [0, 0.05) is 43.9 Å². The van der Waals surface area contributed by atoms with Crippen LogP contribution in [0, 0.1) is 5.41 Å². The number of carbonyl (C=O) groups excluding carboxylic acids is 1. The predicted molar refractivity (Wildman–Crippen MR) is 85.1 cm³/mol. The minimum atomic E-state index is -0.0469. The molecule has 2 aromatic rings. The Morgan fingerprint density at radius 2 is 2.09 bits per heavy atom. The van der Waals surface area contributed by atoms with Gasteiger partial charge in [-0.05, 0) is 31.4 Å². The van der Waals surface area contributed by atoms with E-state index >= 15 is 0 Å². The van der Waals surface area contributed by atoms with E-state index in [4.69, 9.17) is 4.52 Å². The molecule has 4 rings (SSSR count). The number of nitrogens with zero attached hydrogens (tertiary/aromatic N) is 4. The highest BCUT2D eigenvalue weighted by atomic mass is 16.5. The summed E-state index contributed by atoms with van der Waals surface area (Å²) in [7, 11) is 0. The number of likely N-dealkylation sites (tertiary alicyclic amines) is 1. The maximum Gasteiger partial charge on any atom is 0.292 e. The van der Waals surface area contributed by atoms with Crippen molar-refractivity contribution in [2.75, 3.05) is 31.1 Å². The first kappa shape index (κ1) is 14.2. The first-order valence-electron chi connectivity index (χ1n) is 8.12. The fourth-order valence-corrected chi connectivity index (χ4v) is 3.87. The average molecular weight is 312 g/mol. The maximum atomic E-state index is 12.5. The molecule has 0 aliphatic carbocycles. The summed E-state index contributed by atoms with van der Waals surface area (Å²) in [5.74, 6) is 1.32. The Morgan fingerprint density at radius 3 is 2.87 bits per heavy atom. The van der Waals surface area contributed by atoms with Gasteiger partial charge in [0.15, 0.2) is 0 Å². The van der Waals surface area contributed by atoms with Gasteiger partial charge in [0.05, 0.1) is 6.20 Å². The van der Waals surface area contributed by atoms with Crippen molar-refractivity contribution in [1.82, 2.24) is 15.0 Å². The molecular formula is C17H20N4O2. The highest BCUT2D eigenvalue weighted by Gasteiger charge is 2.43. The largest absolute Gasteiger partial charge is 0.356 e. The molecule has 0 radical (unpaired) electrons. The zero-order chi connectivity index (χ0) is 15.7. The van der Waals surface area contributed by atoms with Crippen molar-refractivity contribution in [2.45, 2.75) is 19.3 Å². The van der Waals surface area contributed by atoms with Crippen molar-refractivity contribution < 1.29 is 9.32 Å². The SMILES string of the molecule is O=C(c1ccno1)N1CC[C@@]2(CCCN(c3ccccn3)C2)C1. The van der Waals surface area contributed by atoms with Crippen LogP contribution in [0.2, 0.25) is 0 Å². The average Bonchev–Trinajstić information content (AvgIpc) is 3.26. The summed E-state index contributed by atoms with van der Waals surface area (Å²) in [6.07, 6.45) is 6.70. The fourth-order valence-electron chi connectivity index (χ4n) is 3.87. The molecule has 2 saturated heterocycles. The highest BCUT2D eigenvalue weighted by molar-refractivity contribution is 5.91. The number of aromatic nitrogens is 2. The van der Waals surface area contributed by atoms with Crippen molar-refractivity contribution in [2.24, 2.45) is 5.41 Å². The van der Waals surface area contributed by atoms with Gasteiger partial charge in [0.2, 0.25) is 5.76 Å². The third-order valence-corrected chi connectivity index (χ3v) is 5.01. The van der Waals surface area contributed by atoms with E-state index < -0.39 is 0 Å². The summed E-state index contributed by atoms with van der Waals surface area (Å²) in [5.41, 5.74) is 0.172. The molecule has 0 saturated carbocycles. The Labute approximate surface area is 135 Å². The normalized spacial score (nSPS) is 24.3. The minimum Gasteiger partial charge on any atom is -0.356 e. The molecule has 6 nitrogen and oxygen atoms in total. The van der Waals surface area contributed by atoms with Crippen molar-refractivity contribution >= 4 is 11.7 Å². The number of carbonyl (C=O) groups is 1. The number of rotatable bonds is 2. The van der Waals surface area contributed by atoms with E-state index in [9.17, 15) is 4.79 Å². The number of anilines is 1. The summed E-state index contributed by atoms with van der Waals surface area (Å²) in [6.45, 7) is 3.57. The van der Waals surface area contributed by atoms with Crippen molar-refractivity contribution in [3.63, 3.8) is 0 Å². The lowest BCUT2D eigenvalue weighted by molar-refractivity contribution is 0.0726. The van der Waals surface area contributed by atoms with Gasteiger partial charge in [0.25, 0.3) is 5.91 Å². The molecule has 2 aromatic heterocycles. The van der Waals surface area contributed by atoms with Gasteiger partial charge in [-0.3, -0.25) is 4.79 Å². The lowest BCUT2D eigenvalue weighted by atomic mass is 9.79. The second-order valence-corrected chi connectivity index (χ2v) is 6.57. The minimum absolute atomic E-state index is 0.0469. The quantitative estimate of drug-likeness (QED) is 0.851. The Hall–Kier alpha value is -2.37. The molecule has 0 aromatic carbocycles. The number of piperidine rings is 1. The number of pyridine rings is 1. The Morgan fingerprint density at radius 1 is 1.13 bits per heavy atom. The van der Waals surface area contributed by atoms with Crippen molar-refractivity contribution in [3.05, 3.63) is 42.4 Å². The van der Waals surface area contributed by atoms with Gasteiger partial charge in [-0.25, -0.2) is 4.98 Å². The monoisotopic (exact) mass is 312 g/mol. The van der Waals surface area contributed by atoms with Gasteiger partial charge >= 0.3 is 0 Å². The third-order valence-electron chi connectivity index (χ3n) is 5.01. The van der Waals surface area contributed by atoms with Crippen LogP contribution in [0.4, 0.5) is 5.82 Å². The maximum absolute atomic E-state index is 12.5. The van der Waals surface area contributed by atoms with Gasteiger partial charge in [-0.15, -0.1) is 0 Å². The van der Waals surface area contributed by atoms with Gasteiger partial charge in [-0.2, -0.15) is 0 Å². The van der Waals surface area contributed by atoms with E-state index in [2.05, 4.69) is 21.1 Å².